The molecule has 3 aromatic carbocycles. The number of aliphatic imine (C=N–C) groups is 2. The summed E-state index contributed by atoms with van der Waals surface area (Å²) < 4.78 is 11.5. The van der Waals surface area contributed by atoms with E-state index in [-0.39, 0.29) is 24.8 Å². The van der Waals surface area contributed by atoms with Crippen LogP contribution >= 0.6 is 24.8 Å². The Balaban J connectivity index is 0.00000180. The molecule has 0 radical (unpaired) electrons. The monoisotopic (exact) mass is 530 g/mol. The number of nitrogens with one attached hydrogen (secondary N) is 4. The van der Waals surface area contributed by atoms with Gasteiger partial charge in [-0.15, -0.1) is 24.8 Å². The zero-order chi connectivity index (χ0) is 23.3. The zero-order valence-electron chi connectivity index (χ0n) is 19.9. The molecule has 0 saturated carbocycles. The summed E-state index contributed by atoms with van der Waals surface area (Å²) in [5.74, 6) is 2.74. The van der Waals surface area contributed by atoms with Crippen LogP contribution in [-0.4, -0.2) is 64.7 Å². The molecule has 10 nitrogen and oxygen atoms in total. The van der Waals surface area contributed by atoms with Gasteiger partial charge in [-0.05, 0) is 22.9 Å². The van der Waals surface area contributed by atoms with E-state index < -0.39 is 0 Å². The van der Waals surface area contributed by atoms with Crippen LogP contribution in [-0.2, 0) is 0 Å². The van der Waals surface area contributed by atoms with Gasteiger partial charge in [-0.3, -0.25) is 0 Å². The van der Waals surface area contributed by atoms with Gasteiger partial charge in [0.05, 0.1) is 39.7 Å². The van der Waals surface area contributed by atoms with E-state index >= 15 is 0 Å². The highest BCUT2D eigenvalue weighted by molar-refractivity contribution is 6.24. The second-order valence-electron chi connectivity index (χ2n) is 7.65. The minimum absolute atomic E-state index is 0. The number of hydrogen-bond acceptors (Lipinski definition) is 10. The lowest BCUT2D eigenvalue weighted by Crippen LogP contribution is -2.30. The highest BCUT2D eigenvalue weighted by Crippen LogP contribution is 2.41. The summed E-state index contributed by atoms with van der Waals surface area (Å²) in [5, 5.41) is 19.0. The van der Waals surface area contributed by atoms with Crippen molar-refractivity contribution in [3.8, 4) is 11.5 Å². The molecule has 3 aromatic rings. The molecule has 0 amide bonds. The number of nitrogens with zero attached hydrogens (tertiary/aromatic N) is 4. The molecular formula is C24H28Cl2N8O2. The molecule has 0 aliphatic carbocycles. The van der Waals surface area contributed by atoms with Crippen LogP contribution in [0.2, 0.25) is 0 Å². The normalized spacial score (nSPS) is 14.6. The number of hydrazone groups is 2. The molecular weight excluding hydrogens is 503 g/mol. The largest absolute Gasteiger partial charge is 0.496 e. The summed E-state index contributed by atoms with van der Waals surface area (Å²) >= 11 is 0. The second kappa shape index (κ2) is 12.3. The van der Waals surface area contributed by atoms with Crippen LogP contribution in [0.1, 0.15) is 11.1 Å². The fraction of sp³-hybridized carbons (Fsp3) is 0.250. The Morgan fingerprint density at radius 3 is 1.56 bits per heavy atom. The second-order valence-corrected chi connectivity index (χ2v) is 7.65. The van der Waals surface area contributed by atoms with Crippen molar-refractivity contribution in [1.82, 2.24) is 21.5 Å². The van der Waals surface area contributed by atoms with Gasteiger partial charge in [0.2, 0.25) is 11.9 Å². The van der Waals surface area contributed by atoms with Crippen LogP contribution in [0.5, 0.6) is 11.5 Å². The van der Waals surface area contributed by atoms with Crippen LogP contribution < -0.4 is 31.0 Å². The molecule has 0 unspecified atom stereocenters. The highest BCUT2D eigenvalue weighted by atomic mass is 35.5. The highest BCUT2D eigenvalue weighted by Gasteiger charge is 2.19. The van der Waals surface area contributed by atoms with E-state index in [1.807, 2.05) is 24.3 Å². The van der Waals surface area contributed by atoms with Gasteiger partial charge in [0.25, 0.3) is 0 Å². The predicted octanol–water partition coefficient (Wildman–Crippen LogP) is 2.62. The number of guanidine groups is 2. The van der Waals surface area contributed by atoms with Gasteiger partial charge in [0, 0.05) is 35.0 Å². The smallest absolute Gasteiger partial charge is 0.212 e. The summed E-state index contributed by atoms with van der Waals surface area (Å²) in [5.41, 5.74) is 7.78. The van der Waals surface area contributed by atoms with E-state index in [4.69, 9.17) is 9.47 Å². The van der Waals surface area contributed by atoms with Crippen molar-refractivity contribution in [2.45, 2.75) is 0 Å². The zero-order valence-corrected chi connectivity index (χ0v) is 21.5. The molecule has 5 rings (SSSR count). The molecule has 36 heavy (non-hydrogen) atoms. The van der Waals surface area contributed by atoms with Crippen LogP contribution in [0.25, 0.3) is 21.5 Å². The lowest BCUT2D eigenvalue weighted by atomic mass is 9.91. The summed E-state index contributed by atoms with van der Waals surface area (Å²) in [7, 11) is 3.32. The Labute approximate surface area is 221 Å². The Kier molecular flexibility index (Phi) is 9.15. The third-order valence-electron chi connectivity index (χ3n) is 5.69. The number of benzene rings is 3. The van der Waals surface area contributed by atoms with Crippen LogP contribution in [0.3, 0.4) is 0 Å². The van der Waals surface area contributed by atoms with E-state index in [2.05, 4.69) is 53.8 Å². The molecule has 2 aliphatic heterocycles. The van der Waals surface area contributed by atoms with Gasteiger partial charge in [-0.25, -0.2) is 20.8 Å². The fourth-order valence-corrected chi connectivity index (χ4v) is 4.19. The maximum atomic E-state index is 5.77. The summed E-state index contributed by atoms with van der Waals surface area (Å²) in [6, 6.07) is 11.9. The SMILES string of the molecule is COc1ccc(OC)c2c(/C=N/NC3=NCCN3)c3ccccc3c(/C=N/NC3=NCCN3)c12.Cl.Cl. The molecule has 190 valence electrons. The molecule has 12 heteroatoms. The summed E-state index contributed by atoms with van der Waals surface area (Å²) in [6.45, 7) is 3.08. The van der Waals surface area contributed by atoms with Gasteiger partial charge in [-0.1, -0.05) is 24.3 Å². The number of ether oxygens (including phenoxy) is 2. The first-order valence-corrected chi connectivity index (χ1v) is 11.0. The third-order valence-corrected chi connectivity index (χ3v) is 5.69. The number of methoxy groups -OCH3 is 2. The van der Waals surface area contributed by atoms with Crippen molar-refractivity contribution >= 4 is 70.7 Å². The van der Waals surface area contributed by atoms with Crippen molar-refractivity contribution in [2.24, 2.45) is 20.2 Å². The maximum absolute atomic E-state index is 5.77. The molecule has 2 aliphatic rings. The Morgan fingerprint density at radius 1 is 0.750 bits per heavy atom. The Morgan fingerprint density at radius 2 is 1.19 bits per heavy atom. The maximum Gasteiger partial charge on any atom is 0.212 e. The van der Waals surface area contributed by atoms with E-state index in [1.165, 1.54) is 0 Å². The van der Waals surface area contributed by atoms with E-state index in [9.17, 15) is 0 Å². The van der Waals surface area contributed by atoms with Crippen molar-refractivity contribution in [1.29, 1.82) is 0 Å². The lowest BCUT2D eigenvalue weighted by Gasteiger charge is -2.17. The molecule has 0 atom stereocenters. The average molecular weight is 531 g/mol. The van der Waals surface area contributed by atoms with E-state index in [1.54, 1.807) is 26.6 Å². The van der Waals surface area contributed by atoms with Crippen molar-refractivity contribution in [3.63, 3.8) is 0 Å². The first kappa shape index (κ1) is 26.8. The van der Waals surface area contributed by atoms with Gasteiger partial charge < -0.3 is 20.1 Å². The topological polar surface area (TPSA) is 116 Å². The number of halogens is 2. The van der Waals surface area contributed by atoms with E-state index in [0.717, 1.165) is 58.9 Å². The molecule has 0 fully saturated rings. The number of hydrogen-bond donors (Lipinski definition) is 4. The van der Waals surface area contributed by atoms with Crippen molar-refractivity contribution in [3.05, 3.63) is 47.5 Å². The first-order valence-electron chi connectivity index (χ1n) is 11.0. The molecule has 0 bridgehead atoms. The van der Waals surface area contributed by atoms with Gasteiger partial charge in [-0.2, -0.15) is 10.2 Å². The predicted molar refractivity (Wildman–Crippen MR) is 151 cm³/mol. The van der Waals surface area contributed by atoms with Gasteiger partial charge in [0.15, 0.2) is 0 Å². The Hall–Kier alpha value is -3.76. The number of rotatable bonds is 6. The van der Waals surface area contributed by atoms with Crippen molar-refractivity contribution < 1.29 is 9.47 Å². The fourth-order valence-electron chi connectivity index (χ4n) is 4.19. The minimum atomic E-state index is 0. The van der Waals surface area contributed by atoms with Gasteiger partial charge >= 0.3 is 0 Å². The molecule has 2 heterocycles. The third kappa shape index (κ3) is 5.24. The quantitative estimate of drug-likeness (QED) is 0.221. The van der Waals surface area contributed by atoms with Crippen LogP contribution in [0.15, 0.2) is 56.6 Å². The molecule has 0 spiro atoms. The Bertz CT molecular complexity index is 1260. The number of fused-ring (bicyclic) bond motifs is 2. The van der Waals surface area contributed by atoms with Crippen molar-refractivity contribution in [2.75, 3.05) is 40.4 Å². The van der Waals surface area contributed by atoms with E-state index in [0.29, 0.717) is 23.4 Å². The molecule has 4 N–H and O–H groups in total. The molecule has 0 aromatic heterocycles. The first-order chi connectivity index (χ1) is 16.8. The summed E-state index contributed by atoms with van der Waals surface area (Å²) in [4.78, 5) is 8.66. The molecule has 0 saturated heterocycles. The summed E-state index contributed by atoms with van der Waals surface area (Å²) in [6.07, 6.45) is 3.59. The van der Waals surface area contributed by atoms with Crippen LogP contribution in [0.4, 0.5) is 0 Å². The lowest BCUT2D eigenvalue weighted by molar-refractivity contribution is 0.410. The van der Waals surface area contributed by atoms with Gasteiger partial charge in [0.1, 0.15) is 11.5 Å². The average Bonchev–Trinajstić information content (AvgIpc) is 3.59. The standard InChI is InChI=1S/C24H26N8O2.2ClH/c1-33-19-7-8-20(34-2)22-18(14-30-32-24-27-11-12-28-24)16-6-4-3-5-15(16)17(21(19)22)13-29-31-23-25-9-10-26-23;;/h3-8,13-14H,9-12H2,1-2H3,(H2,25,26,31)(H2,27,28,32);2*1H/b29-13+,30-14+;;. The van der Waals surface area contributed by atoms with Crippen LogP contribution in [0, 0.1) is 0 Å². The minimum Gasteiger partial charge on any atom is -0.496 e.